The van der Waals surface area contributed by atoms with Crippen molar-refractivity contribution in [2.75, 3.05) is 31.6 Å². The number of hydrogen-bond donors (Lipinski definition) is 2. The predicted molar refractivity (Wildman–Crippen MR) is 101 cm³/mol. The molecule has 1 aromatic heterocycles. The van der Waals surface area contributed by atoms with Crippen molar-refractivity contribution >= 4 is 17.7 Å². The van der Waals surface area contributed by atoms with E-state index in [0.29, 0.717) is 43.1 Å². The molecule has 0 bridgehead atoms. The van der Waals surface area contributed by atoms with Crippen LogP contribution in [0.5, 0.6) is 0 Å². The molecule has 2 aromatic rings. The summed E-state index contributed by atoms with van der Waals surface area (Å²) in [6.07, 6.45) is 1.06. The first-order valence-electron chi connectivity index (χ1n) is 9.41. The second-order valence-electron chi connectivity index (χ2n) is 7.31. The highest BCUT2D eigenvalue weighted by Gasteiger charge is 2.50. The third-order valence-corrected chi connectivity index (χ3v) is 5.72. The Morgan fingerprint density at radius 2 is 2.18 bits per heavy atom. The molecular weight excluding hydrogens is 362 g/mol. The van der Waals surface area contributed by atoms with Gasteiger partial charge in [0.1, 0.15) is 0 Å². The number of methoxy groups -OCH3 is 1. The Hall–Kier alpha value is -2.87. The van der Waals surface area contributed by atoms with Gasteiger partial charge >= 0.3 is 5.97 Å². The van der Waals surface area contributed by atoms with Crippen LogP contribution in [0.3, 0.4) is 0 Å². The number of carbonyl (C=O) groups excluding carboxylic acids is 2. The number of anilines is 1. The number of hydrogen-bond acceptors (Lipinski definition) is 7. The number of ether oxygens (including phenoxy) is 1. The summed E-state index contributed by atoms with van der Waals surface area (Å²) < 4.78 is 10.5. The van der Waals surface area contributed by atoms with Crippen LogP contribution >= 0.6 is 0 Å². The smallest absolute Gasteiger partial charge is 0.345 e. The molecule has 1 amide bonds. The Labute approximate surface area is 162 Å². The third-order valence-electron chi connectivity index (χ3n) is 5.72. The summed E-state index contributed by atoms with van der Waals surface area (Å²) in [7, 11) is 1.31. The first-order valence-corrected chi connectivity index (χ1v) is 9.41. The fourth-order valence-corrected chi connectivity index (χ4v) is 4.19. The molecule has 2 saturated heterocycles. The van der Waals surface area contributed by atoms with Crippen molar-refractivity contribution in [3.63, 3.8) is 0 Å². The number of rotatable bonds is 3. The first-order chi connectivity index (χ1) is 13.6. The summed E-state index contributed by atoms with van der Waals surface area (Å²) in [5.74, 6) is -0.0308. The number of esters is 1. The summed E-state index contributed by atoms with van der Waals surface area (Å²) in [4.78, 5) is 27.0. The van der Waals surface area contributed by atoms with Gasteiger partial charge in [0, 0.05) is 25.2 Å². The standard InChI is InChI=1S/C20H23N3O5/c1-27-18(25)15-16(13-6-3-2-4-7-13)28-22-17(15)23-11-8-14(24)20(12-23)9-5-10-21-19(20)26/h2-4,6-7,14,24H,5,8-12H2,1H3,(H,21,26)/t14-,20-/m1/s1. The molecule has 28 heavy (non-hydrogen) atoms. The molecule has 8 nitrogen and oxygen atoms in total. The van der Waals surface area contributed by atoms with Gasteiger partial charge in [0.2, 0.25) is 5.91 Å². The lowest BCUT2D eigenvalue weighted by Crippen LogP contribution is -2.61. The molecule has 2 atom stereocenters. The molecule has 0 aliphatic carbocycles. The lowest BCUT2D eigenvalue weighted by Gasteiger charge is -2.46. The van der Waals surface area contributed by atoms with Gasteiger partial charge in [-0.3, -0.25) is 4.79 Å². The van der Waals surface area contributed by atoms with Gasteiger partial charge < -0.3 is 24.6 Å². The zero-order chi connectivity index (χ0) is 19.7. The summed E-state index contributed by atoms with van der Waals surface area (Å²) in [6.45, 7) is 1.34. The molecule has 0 unspecified atom stereocenters. The fraction of sp³-hybridized carbons (Fsp3) is 0.450. The largest absolute Gasteiger partial charge is 0.465 e. The molecule has 1 spiro atoms. The molecule has 2 N–H and O–H groups in total. The molecule has 0 radical (unpaired) electrons. The van der Waals surface area contributed by atoms with E-state index in [1.165, 1.54) is 7.11 Å². The number of amides is 1. The normalized spacial score (nSPS) is 24.9. The maximum absolute atomic E-state index is 12.6. The van der Waals surface area contributed by atoms with Crippen LogP contribution in [0.15, 0.2) is 34.9 Å². The minimum atomic E-state index is -0.907. The molecule has 4 rings (SSSR count). The van der Waals surface area contributed by atoms with Gasteiger partial charge in [0.25, 0.3) is 0 Å². The van der Waals surface area contributed by atoms with E-state index in [0.717, 1.165) is 6.42 Å². The van der Waals surface area contributed by atoms with Crippen molar-refractivity contribution in [1.82, 2.24) is 10.5 Å². The van der Waals surface area contributed by atoms with E-state index >= 15 is 0 Å². The van der Waals surface area contributed by atoms with Crippen molar-refractivity contribution in [3.05, 3.63) is 35.9 Å². The van der Waals surface area contributed by atoms with E-state index in [1.807, 2.05) is 35.2 Å². The predicted octanol–water partition coefficient (Wildman–Crippen LogP) is 1.60. The number of piperidine rings is 2. The van der Waals surface area contributed by atoms with Gasteiger partial charge in [-0.05, 0) is 19.3 Å². The van der Waals surface area contributed by atoms with Crippen LogP contribution < -0.4 is 10.2 Å². The van der Waals surface area contributed by atoms with E-state index in [9.17, 15) is 14.7 Å². The monoisotopic (exact) mass is 385 g/mol. The van der Waals surface area contributed by atoms with Crippen molar-refractivity contribution < 1.29 is 24.0 Å². The second kappa shape index (κ2) is 7.27. The van der Waals surface area contributed by atoms with E-state index in [-0.39, 0.29) is 18.0 Å². The molecule has 2 fully saturated rings. The van der Waals surface area contributed by atoms with Gasteiger partial charge in [-0.15, -0.1) is 0 Å². The number of aliphatic hydroxyl groups is 1. The van der Waals surface area contributed by atoms with E-state index < -0.39 is 17.5 Å². The van der Waals surface area contributed by atoms with Crippen molar-refractivity contribution in [2.45, 2.75) is 25.4 Å². The summed E-state index contributed by atoms with van der Waals surface area (Å²) >= 11 is 0. The molecule has 0 saturated carbocycles. The summed E-state index contributed by atoms with van der Waals surface area (Å²) in [5, 5.41) is 17.6. The highest BCUT2D eigenvalue weighted by atomic mass is 16.5. The Morgan fingerprint density at radius 3 is 2.89 bits per heavy atom. The quantitative estimate of drug-likeness (QED) is 0.773. The minimum absolute atomic E-state index is 0.151. The Kier molecular flexibility index (Phi) is 4.80. The molecule has 1 aromatic carbocycles. The van der Waals surface area contributed by atoms with Gasteiger partial charge in [-0.2, -0.15) is 0 Å². The topological polar surface area (TPSA) is 105 Å². The Morgan fingerprint density at radius 1 is 1.39 bits per heavy atom. The maximum Gasteiger partial charge on any atom is 0.345 e. The van der Waals surface area contributed by atoms with Crippen LogP contribution in [-0.2, 0) is 9.53 Å². The van der Waals surface area contributed by atoms with Crippen LogP contribution in [0.1, 0.15) is 29.6 Å². The SMILES string of the molecule is COC(=O)c1c(N2CC[C@@H](O)[C@@]3(CCCNC3=O)C2)noc1-c1ccccc1. The average Bonchev–Trinajstić information content (AvgIpc) is 3.17. The lowest BCUT2D eigenvalue weighted by atomic mass is 9.71. The van der Waals surface area contributed by atoms with Crippen LogP contribution in [0.2, 0.25) is 0 Å². The molecule has 148 valence electrons. The fourth-order valence-electron chi connectivity index (χ4n) is 4.19. The lowest BCUT2D eigenvalue weighted by molar-refractivity contribution is -0.142. The van der Waals surface area contributed by atoms with Crippen LogP contribution in [0.4, 0.5) is 5.82 Å². The molecule has 2 aliphatic rings. The van der Waals surface area contributed by atoms with Gasteiger partial charge in [-0.25, -0.2) is 4.79 Å². The van der Waals surface area contributed by atoms with Crippen LogP contribution in [0.25, 0.3) is 11.3 Å². The minimum Gasteiger partial charge on any atom is -0.465 e. The van der Waals surface area contributed by atoms with Gasteiger partial charge in [-0.1, -0.05) is 35.5 Å². The van der Waals surface area contributed by atoms with Crippen molar-refractivity contribution in [1.29, 1.82) is 0 Å². The average molecular weight is 385 g/mol. The molecule has 2 aliphatic heterocycles. The van der Waals surface area contributed by atoms with E-state index in [4.69, 9.17) is 9.26 Å². The van der Waals surface area contributed by atoms with Crippen LogP contribution in [0, 0.1) is 5.41 Å². The number of nitrogens with zero attached hydrogens (tertiary/aromatic N) is 2. The van der Waals surface area contributed by atoms with E-state index in [2.05, 4.69) is 10.5 Å². The second-order valence-corrected chi connectivity index (χ2v) is 7.31. The maximum atomic E-state index is 12.6. The number of aliphatic hydroxyl groups excluding tert-OH is 1. The van der Waals surface area contributed by atoms with Crippen molar-refractivity contribution in [2.24, 2.45) is 5.41 Å². The molecule has 8 heteroatoms. The number of benzene rings is 1. The number of nitrogens with one attached hydrogen (secondary N) is 1. The first kappa shape index (κ1) is 18.5. The number of carbonyl (C=O) groups is 2. The van der Waals surface area contributed by atoms with Crippen molar-refractivity contribution in [3.8, 4) is 11.3 Å². The Bertz CT molecular complexity index is 881. The summed E-state index contributed by atoms with van der Waals surface area (Å²) in [6, 6.07) is 9.21. The number of aromatic nitrogens is 1. The highest BCUT2D eigenvalue weighted by molar-refractivity contribution is 6.01. The van der Waals surface area contributed by atoms with E-state index in [1.54, 1.807) is 0 Å². The molecular formula is C20H23N3O5. The highest BCUT2D eigenvalue weighted by Crippen LogP contribution is 2.41. The van der Waals surface area contributed by atoms with Gasteiger partial charge in [0.15, 0.2) is 17.1 Å². The van der Waals surface area contributed by atoms with Gasteiger partial charge in [0.05, 0.1) is 18.6 Å². The zero-order valence-corrected chi connectivity index (χ0v) is 15.7. The zero-order valence-electron chi connectivity index (χ0n) is 15.7. The molecule has 3 heterocycles. The summed E-state index contributed by atoms with van der Waals surface area (Å²) in [5.41, 5.74) is 0.0377. The Balaban J connectivity index is 1.74. The van der Waals surface area contributed by atoms with Crippen LogP contribution in [-0.4, -0.2) is 55.0 Å². The third kappa shape index (κ3) is 2.93.